The molecule has 0 aliphatic rings. The van der Waals surface area contributed by atoms with E-state index in [-0.39, 0.29) is 17.6 Å². The van der Waals surface area contributed by atoms with Crippen LogP contribution < -0.4 is 15.4 Å². The van der Waals surface area contributed by atoms with E-state index in [2.05, 4.69) is 25.8 Å². The number of thioether (sulfide) groups is 1. The summed E-state index contributed by atoms with van der Waals surface area (Å²) in [6.45, 7) is 0. The molecule has 5 aromatic rings. The number of aromatic amines is 1. The third kappa shape index (κ3) is 5.08. The highest BCUT2D eigenvalue weighted by molar-refractivity contribution is 7.99. The standard InChI is InChI=1S/C26H21N5O4S/c1-34-22-9-5-4-8-21(22)29-24(33)16-10-12-17(13-11-16)28-23(32)15-36-26-31-30-25(35-26)19-14-27-20-7-3-2-6-18(19)20/h2-14,27H,15H2,1H3,(H,28,32)(H,29,33). The molecule has 9 nitrogen and oxygen atoms in total. The summed E-state index contributed by atoms with van der Waals surface area (Å²) >= 11 is 1.15. The van der Waals surface area contributed by atoms with E-state index in [9.17, 15) is 9.59 Å². The van der Waals surface area contributed by atoms with Crippen LogP contribution in [0.5, 0.6) is 5.75 Å². The van der Waals surface area contributed by atoms with E-state index in [1.165, 1.54) is 0 Å². The van der Waals surface area contributed by atoms with Crippen molar-refractivity contribution in [2.75, 3.05) is 23.5 Å². The van der Waals surface area contributed by atoms with Crippen LogP contribution in [0.3, 0.4) is 0 Å². The molecule has 3 N–H and O–H groups in total. The molecule has 10 heteroatoms. The van der Waals surface area contributed by atoms with Gasteiger partial charge in [-0.25, -0.2) is 0 Å². The molecule has 0 bridgehead atoms. The molecule has 0 spiro atoms. The average molecular weight is 500 g/mol. The van der Waals surface area contributed by atoms with Gasteiger partial charge in [0, 0.05) is 28.4 Å². The first kappa shape index (κ1) is 23.2. The number of amides is 2. The highest BCUT2D eigenvalue weighted by Gasteiger charge is 2.15. The summed E-state index contributed by atoms with van der Waals surface area (Å²) in [7, 11) is 1.54. The van der Waals surface area contributed by atoms with Crippen molar-refractivity contribution in [1.82, 2.24) is 15.2 Å². The Balaban J connectivity index is 1.15. The summed E-state index contributed by atoms with van der Waals surface area (Å²) in [4.78, 5) is 28.1. The Morgan fingerprint density at radius 1 is 0.972 bits per heavy atom. The minimum Gasteiger partial charge on any atom is -0.495 e. The maximum absolute atomic E-state index is 12.6. The monoisotopic (exact) mass is 499 g/mol. The maximum atomic E-state index is 12.6. The summed E-state index contributed by atoms with van der Waals surface area (Å²) in [5, 5.41) is 15.0. The molecule has 0 fully saturated rings. The summed E-state index contributed by atoms with van der Waals surface area (Å²) in [6.07, 6.45) is 1.82. The number of carbonyl (C=O) groups excluding carboxylic acids is 2. The van der Waals surface area contributed by atoms with Crippen LogP contribution >= 0.6 is 11.8 Å². The third-order valence-corrected chi connectivity index (χ3v) is 6.16. The number of nitrogens with one attached hydrogen (secondary N) is 3. The van der Waals surface area contributed by atoms with Gasteiger partial charge in [-0.05, 0) is 42.5 Å². The van der Waals surface area contributed by atoms with Crippen LogP contribution in [0, 0.1) is 0 Å². The van der Waals surface area contributed by atoms with Gasteiger partial charge >= 0.3 is 0 Å². The molecule has 0 saturated heterocycles. The predicted octanol–water partition coefficient (Wildman–Crippen LogP) is 5.21. The fourth-order valence-electron chi connectivity index (χ4n) is 3.60. The number of benzene rings is 3. The number of para-hydroxylation sites is 3. The lowest BCUT2D eigenvalue weighted by Crippen LogP contribution is -2.15. The molecular weight excluding hydrogens is 478 g/mol. The molecule has 5 rings (SSSR count). The lowest BCUT2D eigenvalue weighted by Gasteiger charge is -2.10. The minimum atomic E-state index is -0.282. The van der Waals surface area contributed by atoms with Crippen molar-refractivity contribution in [3.8, 4) is 17.2 Å². The number of hydrogen-bond donors (Lipinski definition) is 3. The molecule has 2 amide bonds. The molecule has 0 atom stereocenters. The van der Waals surface area contributed by atoms with Crippen LogP contribution in [-0.4, -0.2) is 39.9 Å². The van der Waals surface area contributed by atoms with E-state index < -0.39 is 0 Å². The van der Waals surface area contributed by atoms with Gasteiger partial charge in [0.05, 0.1) is 24.1 Å². The van der Waals surface area contributed by atoms with Crippen LogP contribution in [0.25, 0.3) is 22.4 Å². The third-order valence-electron chi connectivity index (χ3n) is 5.34. The Hall–Kier alpha value is -4.57. The molecule has 3 aromatic carbocycles. The highest BCUT2D eigenvalue weighted by Crippen LogP contribution is 2.29. The topological polar surface area (TPSA) is 122 Å². The summed E-state index contributed by atoms with van der Waals surface area (Å²) in [6, 6.07) is 21.6. The molecule has 0 unspecified atom stereocenters. The van der Waals surface area contributed by atoms with Crippen molar-refractivity contribution < 1.29 is 18.7 Å². The molecule has 0 aliphatic carbocycles. The Labute approximate surface area is 210 Å². The number of nitrogens with zero attached hydrogens (tertiary/aromatic N) is 2. The molecule has 0 saturated carbocycles. The zero-order chi connectivity index (χ0) is 24.9. The van der Waals surface area contributed by atoms with E-state index >= 15 is 0 Å². The van der Waals surface area contributed by atoms with Crippen LogP contribution in [0.4, 0.5) is 11.4 Å². The lowest BCUT2D eigenvalue weighted by molar-refractivity contribution is -0.113. The van der Waals surface area contributed by atoms with E-state index in [1.807, 2.05) is 42.6 Å². The van der Waals surface area contributed by atoms with Crippen LogP contribution in [0.15, 0.2) is 88.6 Å². The van der Waals surface area contributed by atoms with E-state index in [0.717, 1.165) is 28.2 Å². The van der Waals surface area contributed by atoms with E-state index in [1.54, 1.807) is 43.5 Å². The fraction of sp³-hybridized carbons (Fsp3) is 0.0769. The number of methoxy groups -OCH3 is 1. The molecule has 36 heavy (non-hydrogen) atoms. The number of aromatic nitrogens is 3. The molecule has 2 aromatic heterocycles. The second-order valence-electron chi connectivity index (χ2n) is 7.69. The number of hydrogen-bond acceptors (Lipinski definition) is 7. The zero-order valence-electron chi connectivity index (χ0n) is 19.1. The Bertz CT molecular complexity index is 1530. The number of fused-ring (bicyclic) bond motifs is 1. The number of H-pyrrole nitrogens is 1. The Kier molecular flexibility index (Phi) is 6.67. The van der Waals surface area contributed by atoms with Crippen LogP contribution in [0.1, 0.15) is 10.4 Å². The van der Waals surface area contributed by atoms with Crippen molar-refractivity contribution in [2.45, 2.75) is 5.22 Å². The summed E-state index contributed by atoms with van der Waals surface area (Å²) in [5.41, 5.74) is 3.38. The number of anilines is 2. The maximum Gasteiger partial charge on any atom is 0.277 e. The van der Waals surface area contributed by atoms with Crippen LogP contribution in [-0.2, 0) is 4.79 Å². The fourth-order valence-corrected chi connectivity index (χ4v) is 4.16. The zero-order valence-corrected chi connectivity index (χ0v) is 20.0. The van der Waals surface area contributed by atoms with E-state index in [4.69, 9.17) is 9.15 Å². The van der Waals surface area contributed by atoms with Gasteiger partial charge in [-0.1, -0.05) is 42.1 Å². The van der Waals surface area contributed by atoms with Crippen LogP contribution in [0.2, 0.25) is 0 Å². The predicted molar refractivity (Wildman–Crippen MR) is 138 cm³/mol. The van der Waals surface area contributed by atoms with Crippen molar-refractivity contribution in [3.05, 3.63) is 84.6 Å². The largest absolute Gasteiger partial charge is 0.495 e. The molecule has 0 radical (unpaired) electrons. The van der Waals surface area contributed by atoms with Gasteiger partial charge in [0.25, 0.3) is 17.0 Å². The lowest BCUT2D eigenvalue weighted by atomic mass is 10.2. The summed E-state index contributed by atoms with van der Waals surface area (Å²) < 4.78 is 11.0. The molecule has 0 aliphatic heterocycles. The van der Waals surface area contributed by atoms with Crippen molar-refractivity contribution >= 4 is 45.9 Å². The van der Waals surface area contributed by atoms with E-state index in [0.29, 0.717) is 33.8 Å². The van der Waals surface area contributed by atoms with Gasteiger partial charge in [0.15, 0.2) is 0 Å². The van der Waals surface area contributed by atoms with Crippen molar-refractivity contribution in [1.29, 1.82) is 0 Å². The number of rotatable bonds is 8. The number of carbonyl (C=O) groups is 2. The second kappa shape index (κ2) is 10.4. The van der Waals surface area contributed by atoms with Crippen molar-refractivity contribution in [3.63, 3.8) is 0 Å². The van der Waals surface area contributed by atoms with Crippen molar-refractivity contribution in [2.24, 2.45) is 0 Å². The summed E-state index contributed by atoms with van der Waals surface area (Å²) in [5.74, 6) is 0.527. The first-order valence-corrected chi connectivity index (χ1v) is 12.0. The molecule has 180 valence electrons. The molecule has 2 heterocycles. The van der Waals surface area contributed by atoms with Gasteiger partial charge in [-0.3, -0.25) is 9.59 Å². The average Bonchev–Trinajstić information content (AvgIpc) is 3.55. The van der Waals surface area contributed by atoms with Gasteiger partial charge < -0.3 is 24.8 Å². The smallest absolute Gasteiger partial charge is 0.277 e. The van der Waals surface area contributed by atoms with Gasteiger partial charge in [0.1, 0.15) is 5.75 Å². The highest BCUT2D eigenvalue weighted by atomic mass is 32.2. The minimum absolute atomic E-state index is 0.0888. The first-order chi connectivity index (χ1) is 17.6. The SMILES string of the molecule is COc1ccccc1NC(=O)c1ccc(NC(=O)CSc2nnc(-c3c[nH]c4ccccc34)o2)cc1. The number of ether oxygens (including phenoxy) is 1. The normalized spacial score (nSPS) is 10.8. The van der Waals surface area contributed by atoms with Gasteiger partial charge in [-0.15, -0.1) is 10.2 Å². The Morgan fingerprint density at radius 2 is 1.75 bits per heavy atom. The Morgan fingerprint density at radius 3 is 2.58 bits per heavy atom. The quantitative estimate of drug-likeness (QED) is 0.251. The second-order valence-corrected chi connectivity index (χ2v) is 8.62. The molecular formula is C26H21N5O4S. The van der Waals surface area contributed by atoms with Gasteiger partial charge in [-0.2, -0.15) is 0 Å². The first-order valence-electron chi connectivity index (χ1n) is 11.0. The van der Waals surface area contributed by atoms with Gasteiger partial charge in [0.2, 0.25) is 5.91 Å².